The van der Waals surface area contributed by atoms with Crippen LogP contribution in [0, 0.1) is 0 Å². The van der Waals surface area contributed by atoms with E-state index >= 15 is 0 Å². The molecule has 0 atom stereocenters. The number of hydrogen-bond donors (Lipinski definition) is 2. The molecule has 2 N–H and O–H groups in total. The molecule has 5 nitrogen and oxygen atoms in total. The van der Waals surface area contributed by atoms with Crippen LogP contribution < -0.4 is 4.90 Å². The SMILES string of the molecule is Oc1ccc(N(c2ccc(O)cc2)c2cc(-n3c4ccc(-c5ccccc5)cc4c4cc(-c5ccccc5)ccc43)cc(-n3c4ccc(-c5ccccc5)cc4c4cc(-c5ccccc5)ccc43)c2)cc1. The molecule has 5 heteroatoms. The first-order chi connectivity index (χ1) is 35.0. The number of fused-ring (bicyclic) bond motifs is 6. The van der Waals surface area contributed by atoms with E-state index in [4.69, 9.17) is 0 Å². The van der Waals surface area contributed by atoms with Crippen molar-refractivity contribution in [3.63, 3.8) is 0 Å². The largest absolute Gasteiger partial charge is 0.508 e. The summed E-state index contributed by atoms with van der Waals surface area (Å²) >= 11 is 0. The third-order valence-corrected chi connectivity index (χ3v) is 13.8. The van der Waals surface area contributed by atoms with Crippen LogP contribution in [0.25, 0.3) is 99.5 Å². The summed E-state index contributed by atoms with van der Waals surface area (Å²) in [4.78, 5) is 2.19. The van der Waals surface area contributed by atoms with Crippen LogP contribution in [0.2, 0.25) is 0 Å². The van der Waals surface area contributed by atoms with Crippen LogP contribution in [0.3, 0.4) is 0 Å². The summed E-state index contributed by atoms with van der Waals surface area (Å²) in [5.41, 5.74) is 18.1. The monoisotopic (exact) mass is 911 g/mol. The number of phenolic OH excluding ortho intramolecular Hbond substituents is 2. The summed E-state index contributed by atoms with van der Waals surface area (Å²) in [5.74, 6) is 0.359. The first-order valence-corrected chi connectivity index (χ1v) is 23.9. The summed E-state index contributed by atoms with van der Waals surface area (Å²) in [5, 5.41) is 25.7. The van der Waals surface area contributed by atoms with Crippen molar-refractivity contribution in [1.29, 1.82) is 0 Å². The first kappa shape index (κ1) is 41.6. The standard InChI is InChI=1S/C66H45N3O2/c70-57-29-25-52(26-30-57)67(53-27-31-58(71)32-28-53)54-41-55(68-63-33-21-48(44-13-5-1-6-14-44)37-59(63)60-38-49(22-34-64(60)68)45-15-7-2-8-16-45)43-56(42-54)69-65-35-23-50(46-17-9-3-10-18-46)39-61(65)62-40-51(24-36-66(62)69)47-19-11-4-12-20-47/h1-43,70-71H. The molecule has 2 heterocycles. The maximum absolute atomic E-state index is 10.6. The highest BCUT2D eigenvalue weighted by Gasteiger charge is 2.22. The maximum atomic E-state index is 10.6. The molecule has 11 aromatic carbocycles. The van der Waals surface area contributed by atoms with Crippen LogP contribution in [-0.2, 0) is 0 Å². The van der Waals surface area contributed by atoms with E-state index in [9.17, 15) is 10.2 Å². The Balaban J connectivity index is 1.12. The third-order valence-electron chi connectivity index (χ3n) is 13.8. The Morgan fingerprint density at radius 3 is 0.803 bits per heavy atom. The van der Waals surface area contributed by atoms with Gasteiger partial charge < -0.3 is 24.2 Å². The smallest absolute Gasteiger partial charge is 0.115 e. The van der Waals surface area contributed by atoms with Gasteiger partial charge in [-0.3, -0.25) is 0 Å². The molecule has 0 spiro atoms. The van der Waals surface area contributed by atoms with Gasteiger partial charge in [-0.1, -0.05) is 146 Å². The number of benzene rings is 11. The minimum atomic E-state index is 0.180. The van der Waals surface area contributed by atoms with E-state index in [1.54, 1.807) is 24.3 Å². The molecule has 0 aliphatic carbocycles. The second kappa shape index (κ2) is 17.2. The van der Waals surface area contributed by atoms with Gasteiger partial charge in [0, 0.05) is 32.9 Å². The van der Waals surface area contributed by atoms with Crippen LogP contribution in [-0.4, -0.2) is 19.3 Å². The Morgan fingerprint density at radius 2 is 0.521 bits per heavy atom. The van der Waals surface area contributed by atoms with Gasteiger partial charge in [0.25, 0.3) is 0 Å². The van der Waals surface area contributed by atoms with Gasteiger partial charge in [-0.05, 0) is 160 Å². The summed E-state index contributed by atoms with van der Waals surface area (Å²) in [6.45, 7) is 0. The van der Waals surface area contributed by atoms with E-state index in [0.717, 1.165) is 117 Å². The summed E-state index contributed by atoms with van der Waals surface area (Å²) in [6, 6.07) is 91.1. The predicted molar refractivity (Wildman–Crippen MR) is 295 cm³/mol. The number of hydrogen-bond acceptors (Lipinski definition) is 3. The second-order valence-electron chi connectivity index (χ2n) is 18.1. The lowest BCUT2D eigenvalue weighted by molar-refractivity contribution is 0.475. The van der Waals surface area contributed by atoms with Gasteiger partial charge in [0.1, 0.15) is 11.5 Å². The van der Waals surface area contributed by atoms with Crippen molar-refractivity contribution >= 4 is 60.7 Å². The van der Waals surface area contributed by atoms with Crippen molar-refractivity contribution < 1.29 is 10.2 Å². The zero-order valence-corrected chi connectivity index (χ0v) is 38.6. The fraction of sp³-hybridized carbons (Fsp3) is 0. The summed E-state index contributed by atoms with van der Waals surface area (Å²) in [6.07, 6.45) is 0. The van der Waals surface area contributed by atoms with Gasteiger partial charge in [0.05, 0.1) is 39.1 Å². The van der Waals surface area contributed by atoms with Crippen molar-refractivity contribution in [1.82, 2.24) is 9.13 Å². The van der Waals surface area contributed by atoms with Crippen LogP contribution in [0.1, 0.15) is 0 Å². The molecule has 336 valence electrons. The van der Waals surface area contributed by atoms with Crippen molar-refractivity contribution in [2.24, 2.45) is 0 Å². The van der Waals surface area contributed by atoms with E-state index in [1.807, 2.05) is 24.3 Å². The lowest BCUT2D eigenvalue weighted by atomic mass is 10.0. The van der Waals surface area contributed by atoms with E-state index in [2.05, 4.69) is 226 Å². The number of rotatable bonds is 9. The molecule has 13 aromatic rings. The molecular formula is C66H45N3O2. The fourth-order valence-electron chi connectivity index (χ4n) is 10.5. The van der Waals surface area contributed by atoms with Crippen LogP contribution >= 0.6 is 0 Å². The number of aromatic hydroxyl groups is 2. The maximum Gasteiger partial charge on any atom is 0.115 e. The second-order valence-corrected chi connectivity index (χ2v) is 18.1. The number of nitrogens with zero attached hydrogens (tertiary/aromatic N) is 3. The Kier molecular flexibility index (Phi) is 10.1. The van der Waals surface area contributed by atoms with Crippen molar-refractivity contribution in [2.45, 2.75) is 0 Å². The Labute approximate surface area is 411 Å². The van der Waals surface area contributed by atoms with E-state index in [-0.39, 0.29) is 11.5 Å². The van der Waals surface area contributed by atoms with Gasteiger partial charge >= 0.3 is 0 Å². The van der Waals surface area contributed by atoms with E-state index in [0.29, 0.717) is 0 Å². The van der Waals surface area contributed by atoms with Gasteiger partial charge in [-0.25, -0.2) is 0 Å². The molecule has 0 bridgehead atoms. The Bertz CT molecular complexity index is 3630. The normalized spacial score (nSPS) is 11.5. The molecule has 0 saturated carbocycles. The minimum Gasteiger partial charge on any atom is -0.508 e. The molecule has 71 heavy (non-hydrogen) atoms. The molecule has 0 amide bonds. The molecule has 0 unspecified atom stereocenters. The van der Waals surface area contributed by atoms with Crippen LogP contribution in [0.15, 0.2) is 261 Å². The van der Waals surface area contributed by atoms with Gasteiger partial charge in [0.2, 0.25) is 0 Å². The first-order valence-electron chi connectivity index (χ1n) is 23.9. The molecular weight excluding hydrogens is 867 g/mol. The zero-order chi connectivity index (χ0) is 47.4. The zero-order valence-electron chi connectivity index (χ0n) is 38.6. The molecule has 0 radical (unpaired) electrons. The van der Waals surface area contributed by atoms with E-state index in [1.165, 1.54) is 0 Å². The Hall–Kier alpha value is -9.58. The summed E-state index contributed by atoms with van der Waals surface area (Å²) in [7, 11) is 0. The lowest BCUT2D eigenvalue weighted by Crippen LogP contribution is -2.11. The topological polar surface area (TPSA) is 53.6 Å². The Morgan fingerprint density at radius 1 is 0.239 bits per heavy atom. The highest BCUT2D eigenvalue weighted by Crippen LogP contribution is 2.44. The molecule has 0 aliphatic heterocycles. The molecule has 13 rings (SSSR count). The predicted octanol–water partition coefficient (Wildman–Crippen LogP) is 17.4. The number of anilines is 3. The van der Waals surface area contributed by atoms with Crippen molar-refractivity contribution in [3.05, 3.63) is 261 Å². The average Bonchev–Trinajstić information content (AvgIpc) is 3.94. The molecule has 0 fully saturated rings. The lowest BCUT2D eigenvalue weighted by Gasteiger charge is -2.27. The number of phenols is 2. The van der Waals surface area contributed by atoms with E-state index < -0.39 is 0 Å². The van der Waals surface area contributed by atoms with Gasteiger partial charge in [0.15, 0.2) is 0 Å². The van der Waals surface area contributed by atoms with Crippen molar-refractivity contribution in [2.75, 3.05) is 4.90 Å². The van der Waals surface area contributed by atoms with Crippen LogP contribution in [0.5, 0.6) is 11.5 Å². The fourth-order valence-corrected chi connectivity index (χ4v) is 10.5. The molecule has 2 aromatic heterocycles. The third kappa shape index (κ3) is 7.45. The number of aromatic nitrogens is 2. The molecule has 0 aliphatic rings. The average molecular weight is 912 g/mol. The minimum absolute atomic E-state index is 0.180. The highest BCUT2D eigenvalue weighted by molar-refractivity contribution is 6.13. The van der Waals surface area contributed by atoms with Crippen molar-refractivity contribution in [3.8, 4) is 67.4 Å². The molecule has 0 saturated heterocycles. The quantitative estimate of drug-likeness (QED) is 0.152. The van der Waals surface area contributed by atoms with Gasteiger partial charge in [-0.2, -0.15) is 0 Å². The van der Waals surface area contributed by atoms with Gasteiger partial charge in [-0.15, -0.1) is 0 Å². The highest BCUT2D eigenvalue weighted by atomic mass is 16.3. The summed E-state index contributed by atoms with van der Waals surface area (Å²) < 4.78 is 4.81. The van der Waals surface area contributed by atoms with Crippen LogP contribution in [0.4, 0.5) is 17.1 Å².